The molecule has 2 aromatic heterocycles. The van der Waals surface area contributed by atoms with Crippen molar-refractivity contribution in [2.24, 2.45) is 0 Å². The van der Waals surface area contributed by atoms with Crippen LogP contribution in [0.5, 0.6) is 0 Å². The minimum atomic E-state index is -3.15. The zero-order valence-electron chi connectivity index (χ0n) is 66.1. The Hall–Kier alpha value is -4.81. The first-order chi connectivity index (χ1) is 48.7. The summed E-state index contributed by atoms with van der Waals surface area (Å²) in [6, 6.07) is 22.3. The Balaban J connectivity index is 0.000000240. The summed E-state index contributed by atoms with van der Waals surface area (Å²) < 4.78 is 37.6. The molecule has 104 heavy (non-hydrogen) atoms. The number of nitrogens with one attached hydrogen (secondary N) is 1. The van der Waals surface area contributed by atoms with Crippen LogP contribution in [0.4, 0.5) is 54.4 Å². The van der Waals surface area contributed by atoms with Gasteiger partial charge in [0, 0.05) is 54.2 Å². The van der Waals surface area contributed by atoms with E-state index in [2.05, 4.69) is 215 Å². The van der Waals surface area contributed by atoms with Gasteiger partial charge in [0.1, 0.15) is 0 Å². The van der Waals surface area contributed by atoms with Crippen LogP contribution in [0, 0.1) is 201 Å². The third kappa shape index (κ3) is 15.5. The van der Waals surface area contributed by atoms with E-state index in [0.29, 0.717) is 16.7 Å². The van der Waals surface area contributed by atoms with E-state index in [-0.39, 0.29) is 56.9 Å². The third-order valence-electron chi connectivity index (χ3n) is 23.9. The molecule has 0 saturated carbocycles. The van der Waals surface area contributed by atoms with Crippen molar-refractivity contribution in [3.63, 3.8) is 0 Å². The number of fused-ring (bicyclic) bond motifs is 6. The molecule has 0 amide bonds. The summed E-state index contributed by atoms with van der Waals surface area (Å²) in [4.78, 5) is 22.9. The standard InChI is InChI=1S/C54H58N4.C21H27N.C12H6F2N2.3K.HO4P/c1-26-30(5)38(13)49-45(34(26)9)23-46-35(10)27(2)31(6)39(14)50(46)57(49)53-44(43-19-17-42(25-55)18-20-43)21-22-56-54(53)58-51-40(15)32(7)28(3)36(11)47(51)24-48-37(12)29(4)33(8)41(16)52(48)58;1-10-12(3)16(7)20-18(14(10)5)9-19-15(6)11(2)13(4)17(8)21(19)22-20;13-11-10(5-6-16-12(11)14)9-3-1-8(7-15)2-4-9;;;;1-4-5(2)3/h17-22H,23-24H2,1-16H3;22H,9H2,1-8H3;1-6H;;;;1H/q;;;;;+1;/p-1. The van der Waals surface area contributed by atoms with Crippen molar-refractivity contribution >= 4 is 117 Å². The number of hydrogen-bond acceptors (Lipinski definition) is 11. The number of aromatic nitrogens is 2. The average molecular weight is 1480 g/mol. The van der Waals surface area contributed by atoms with Gasteiger partial charge in [0.15, 0.2) is 11.6 Å². The summed E-state index contributed by atoms with van der Waals surface area (Å²) in [6.07, 6.45) is 6.03. The second-order valence-electron chi connectivity index (χ2n) is 28.0. The number of hydrogen-bond donors (Lipinski definition) is 1. The first-order valence-corrected chi connectivity index (χ1v) is 52.4. The van der Waals surface area contributed by atoms with Crippen LogP contribution in [0.3, 0.4) is 0 Å². The van der Waals surface area contributed by atoms with Gasteiger partial charge in [-0.25, -0.2) is 19.0 Å². The van der Waals surface area contributed by atoms with Gasteiger partial charge in [-0.2, -0.15) is 14.9 Å². The fraction of sp³-hybridized carbons (Fsp3) is 0.310. The fourth-order valence-corrected chi connectivity index (χ4v) is 15.6. The summed E-state index contributed by atoms with van der Waals surface area (Å²) in [6.45, 7) is 54.9. The number of halogens is 2. The summed E-state index contributed by atoms with van der Waals surface area (Å²) in [7, 11) is -3.15. The molecule has 1 unspecified atom stereocenters. The van der Waals surface area contributed by atoms with Crippen LogP contribution >= 0.6 is 8.25 Å². The number of benzene rings is 8. The number of rotatable bonds is 5. The van der Waals surface area contributed by atoms with Crippen molar-refractivity contribution in [1.82, 2.24) is 9.97 Å². The molecule has 0 aliphatic carbocycles. The van der Waals surface area contributed by atoms with Crippen LogP contribution in [-0.2, 0) is 28.5 Å². The zero-order valence-corrected chi connectivity index (χ0v) is 76.3. The van der Waals surface area contributed by atoms with Crippen molar-refractivity contribution in [2.75, 3.05) is 15.1 Å². The van der Waals surface area contributed by atoms with Crippen LogP contribution < -0.4 is 76.7 Å². The molecule has 1 N–H and O–H groups in total. The molecule has 11 nitrogen and oxygen atoms in total. The predicted octanol–water partition coefficient (Wildman–Crippen LogP) is 17.5. The van der Waals surface area contributed by atoms with Crippen LogP contribution in [0.1, 0.15) is 178 Å². The van der Waals surface area contributed by atoms with Gasteiger partial charge in [-0.15, -0.1) is 0 Å². The maximum atomic E-state index is 13.4. The molecule has 0 saturated heterocycles. The average Bonchev–Trinajstić information content (AvgIpc) is 0.698. The Morgan fingerprint density at radius 3 is 1.00 bits per heavy atom. The van der Waals surface area contributed by atoms with Gasteiger partial charge in [0.2, 0.25) is 5.95 Å². The first kappa shape index (κ1) is 84.8. The van der Waals surface area contributed by atoms with E-state index in [1.165, 1.54) is 276 Å². The van der Waals surface area contributed by atoms with Crippen molar-refractivity contribution in [1.29, 1.82) is 10.5 Å². The van der Waals surface area contributed by atoms with E-state index in [1.807, 2.05) is 24.4 Å². The van der Waals surface area contributed by atoms with E-state index < -0.39 is 20.0 Å². The fourth-order valence-electron chi connectivity index (χ4n) is 15.6. The Bertz CT molecular complexity index is 4980. The molecule has 10 aromatic rings. The van der Waals surface area contributed by atoms with E-state index >= 15 is 0 Å². The molecule has 0 radical (unpaired) electrons. The Kier molecular flexibility index (Phi) is 28.4. The molecule has 0 spiro atoms. The summed E-state index contributed by atoms with van der Waals surface area (Å²) in [5, 5.41) is 30.8. The molecule has 520 valence electrons. The molecular weight excluding hydrogens is 1390 g/mol. The van der Waals surface area contributed by atoms with E-state index in [0.717, 1.165) is 41.9 Å². The van der Waals surface area contributed by atoms with Crippen molar-refractivity contribution in [3.8, 4) is 34.4 Å². The van der Waals surface area contributed by atoms with Gasteiger partial charge in [0.25, 0.3) is 0 Å². The predicted molar refractivity (Wildman–Crippen MR) is 417 cm³/mol. The summed E-state index contributed by atoms with van der Waals surface area (Å²) in [5.74, 6) is -1.18. The Labute approximate surface area is 704 Å². The van der Waals surface area contributed by atoms with Gasteiger partial charge >= 0.3 is 123 Å². The minimum absolute atomic E-state index is 0. The van der Waals surface area contributed by atoms with Crippen LogP contribution in [0.15, 0.2) is 73.1 Å². The van der Waals surface area contributed by atoms with Gasteiger partial charge in [-0.3, -0.25) is 4.90 Å². The van der Waals surface area contributed by atoms with E-state index in [4.69, 9.17) is 25.0 Å². The number of nitrogens with zero attached hydrogens (tertiary/aromatic N) is 6. The van der Waals surface area contributed by atoms with E-state index in [9.17, 15) is 14.0 Å². The van der Waals surface area contributed by atoms with Gasteiger partial charge in [-0.05, 0) is 385 Å². The van der Waals surface area contributed by atoms with Crippen molar-refractivity contribution in [2.45, 2.75) is 185 Å². The zero-order chi connectivity index (χ0) is 76.1. The maximum absolute atomic E-state index is 13.4. The Morgan fingerprint density at radius 1 is 0.404 bits per heavy atom. The van der Waals surface area contributed by atoms with Crippen LogP contribution in [0.2, 0.25) is 0 Å². The van der Waals surface area contributed by atoms with Crippen LogP contribution in [0.25, 0.3) is 22.3 Å². The molecule has 3 aliphatic heterocycles. The van der Waals surface area contributed by atoms with Crippen molar-refractivity contribution < 1.29 is 79.6 Å². The molecule has 0 fully saturated rings. The molecule has 17 heteroatoms. The van der Waals surface area contributed by atoms with Gasteiger partial charge in [0.05, 0.1) is 51.7 Å². The molecule has 3 aliphatic rings. The molecule has 8 aromatic carbocycles. The second kappa shape index (κ2) is 34.8. The second-order valence-corrected chi connectivity index (χ2v) is 28.6. The normalized spacial score (nSPS) is 12.0. The van der Waals surface area contributed by atoms with Gasteiger partial charge < -0.3 is 20.4 Å². The molecule has 5 heterocycles. The monoisotopic (exact) mass is 1480 g/mol. The summed E-state index contributed by atoms with van der Waals surface area (Å²) >= 11 is 2.50. The molecule has 13 rings (SSSR count). The number of pyridine rings is 2. The quantitative estimate of drug-likeness (QED) is 0.0573. The third-order valence-corrected chi connectivity index (χ3v) is 24.0. The molecule has 0 bridgehead atoms. The SMILES string of the molecule is Cc1c(C)c(C)c2c(c1C)Cc1c(C)c(C)c(C)c(C)c1N2.Cc1c(C)c(C)c2c(c1C)Cc1c(C)c(C)c(C)c(C)c1N2c1nccc(-c2ccc(C#N)cc2)c1N1c2c(C)c(C)c(C)c(C)c2Cc2c(C)c(C)c(C)c(C)c21.N#Cc1ccc(-c2ccnc(F)c2F)cc1.O=[P+]([O-])O[O-].[K+].[K][K]. The van der Waals surface area contributed by atoms with Crippen LogP contribution in [-0.4, -0.2) is 73.1 Å². The number of anilines is 8. The molecule has 1 atom stereocenters. The summed E-state index contributed by atoms with van der Waals surface area (Å²) in [5.41, 5.74) is 54.1. The van der Waals surface area contributed by atoms with E-state index in [1.54, 1.807) is 24.3 Å². The first-order valence-electron chi connectivity index (χ1n) is 35.4. The van der Waals surface area contributed by atoms with Gasteiger partial charge in [-0.1, -0.05) is 24.3 Å². The van der Waals surface area contributed by atoms with Crippen molar-refractivity contribution in [3.05, 3.63) is 263 Å². The Morgan fingerprint density at radius 2 is 0.673 bits per heavy atom. The topological polar surface area (TPSA) is 164 Å². The number of nitriles is 2. The molecular formula is C87H91F2K3N7O4P.